The van der Waals surface area contributed by atoms with Crippen molar-refractivity contribution < 1.29 is 9.59 Å². The number of hydrogen-bond acceptors (Lipinski definition) is 4. The largest absolute Gasteiger partial charge is 0.360 e. The Labute approximate surface area is 140 Å². The molecular formula is C15H14BrN3O2S. The van der Waals surface area contributed by atoms with Crippen LogP contribution in [0.4, 0.5) is 11.4 Å². The van der Waals surface area contributed by atoms with E-state index in [1.54, 1.807) is 11.4 Å². The van der Waals surface area contributed by atoms with Crippen LogP contribution in [-0.2, 0) is 4.79 Å². The van der Waals surface area contributed by atoms with Gasteiger partial charge in [-0.05, 0) is 46.3 Å². The zero-order valence-corrected chi connectivity index (χ0v) is 14.0. The molecule has 0 unspecified atom stereocenters. The van der Waals surface area contributed by atoms with Crippen molar-refractivity contribution in [2.45, 2.75) is 0 Å². The highest BCUT2D eigenvalue weighted by Crippen LogP contribution is 2.22. The lowest BCUT2D eigenvalue weighted by Crippen LogP contribution is -2.47. The van der Waals surface area contributed by atoms with Crippen LogP contribution in [0.15, 0.2) is 39.5 Å². The number of halogens is 1. The first kappa shape index (κ1) is 15.1. The molecule has 114 valence electrons. The van der Waals surface area contributed by atoms with Crippen molar-refractivity contribution in [3.63, 3.8) is 0 Å². The molecule has 0 radical (unpaired) electrons. The second kappa shape index (κ2) is 6.50. The third-order valence-electron chi connectivity index (χ3n) is 3.36. The zero-order valence-electron chi connectivity index (χ0n) is 11.6. The number of carbonyl (C=O) groups excluding carboxylic acids is 2. The summed E-state index contributed by atoms with van der Waals surface area (Å²) in [5.74, 6) is -0.0984. The Balaban J connectivity index is 1.66. The van der Waals surface area contributed by atoms with Gasteiger partial charge in [-0.2, -0.15) is 0 Å². The van der Waals surface area contributed by atoms with E-state index >= 15 is 0 Å². The molecule has 0 saturated carbocycles. The van der Waals surface area contributed by atoms with Crippen LogP contribution >= 0.6 is 27.3 Å². The highest BCUT2D eigenvalue weighted by atomic mass is 79.9. The van der Waals surface area contributed by atoms with E-state index in [1.807, 2.05) is 29.2 Å². The quantitative estimate of drug-likeness (QED) is 0.861. The van der Waals surface area contributed by atoms with E-state index in [9.17, 15) is 9.59 Å². The molecule has 22 heavy (non-hydrogen) atoms. The minimum Gasteiger partial charge on any atom is -0.360 e. The highest BCUT2D eigenvalue weighted by molar-refractivity contribution is 9.11. The van der Waals surface area contributed by atoms with Crippen molar-refractivity contribution in [3.05, 3.63) is 45.1 Å². The standard InChI is InChI=1S/C15H14BrN3O2S/c16-13-7-10(9-22-13)15(21)18-11-1-3-12(4-2-11)19-6-5-17-14(20)8-19/h1-4,7,9H,5-6,8H2,(H,17,20)(H,18,21). The maximum atomic E-state index is 12.1. The SMILES string of the molecule is O=C1CN(c2ccc(NC(=O)c3csc(Br)c3)cc2)CCN1. The average Bonchev–Trinajstić information content (AvgIpc) is 2.95. The van der Waals surface area contributed by atoms with E-state index in [0.717, 1.165) is 21.7 Å². The topological polar surface area (TPSA) is 61.4 Å². The van der Waals surface area contributed by atoms with Gasteiger partial charge in [0, 0.05) is 29.8 Å². The minimum atomic E-state index is -0.132. The molecule has 1 fully saturated rings. The number of amides is 2. The van der Waals surface area contributed by atoms with E-state index < -0.39 is 0 Å². The Morgan fingerprint density at radius 1 is 1.32 bits per heavy atom. The van der Waals surface area contributed by atoms with Gasteiger partial charge in [0.2, 0.25) is 5.91 Å². The molecule has 0 atom stereocenters. The van der Waals surface area contributed by atoms with Crippen LogP contribution in [0.25, 0.3) is 0 Å². The van der Waals surface area contributed by atoms with Gasteiger partial charge in [0.25, 0.3) is 5.91 Å². The van der Waals surface area contributed by atoms with Crippen molar-refractivity contribution >= 4 is 50.5 Å². The summed E-state index contributed by atoms with van der Waals surface area (Å²) < 4.78 is 0.927. The molecule has 7 heteroatoms. The Morgan fingerprint density at radius 2 is 2.09 bits per heavy atom. The lowest BCUT2D eigenvalue weighted by atomic mass is 10.2. The molecule has 1 aromatic carbocycles. The van der Waals surface area contributed by atoms with Gasteiger partial charge in [-0.15, -0.1) is 11.3 Å². The molecule has 1 saturated heterocycles. The summed E-state index contributed by atoms with van der Waals surface area (Å²) in [4.78, 5) is 25.5. The number of piperazine rings is 1. The van der Waals surface area contributed by atoms with Gasteiger partial charge in [0.05, 0.1) is 15.9 Å². The van der Waals surface area contributed by atoms with Crippen LogP contribution in [-0.4, -0.2) is 31.4 Å². The fourth-order valence-electron chi connectivity index (χ4n) is 2.25. The lowest BCUT2D eigenvalue weighted by Gasteiger charge is -2.28. The third kappa shape index (κ3) is 3.48. The van der Waals surface area contributed by atoms with Crippen molar-refractivity contribution in [1.29, 1.82) is 0 Å². The average molecular weight is 380 g/mol. The predicted octanol–water partition coefficient (Wildman–Crippen LogP) is 2.70. The molecule has 5 nitrogen and oxygen atoms in total. The predicted molar refractivity (Wildman–Crippen MR) is 91.6 cm³/mol. The van der Waals surface area contributed by atoms with Gasteiger partial charge in [0.1, 0.15) is 0 Å². The van der Waals surface area contributed by atoms with Crippen LogP contribution in [0.3, 0.4) is 0 Å². The maximum absolute atomic E-state index is 12.1. The van der Waals surface area contributed by atoms with Gasteiger partial charge < -0.3 is 15.5 Å². The molecular weight excluding hydrogens is 366 g/mol. The summed E-state index contributed by atoms with van der Waals surface area (Å²) in [5, 5.41) is 7.46. The number of hydrogen-bond donors (Lipinski definition) is 2. The normalized spacial score (nSPS) is 14.6. The van der Waals surface area contributed by atoms with Gasteiger partial charge >= 0.3 is 0 Å². The molecule has 1 aliphatic rings. The zero-order chi connectivity index (χ0) is 15.5. The van der Waals surface area contributed by atoms with Crippen LogP contribution in [0.1, 0.15) is 10.4 Å². The second-order valence-corrected chi connectivity index (χ2v) is 7.20. The summed E-state index contributed by atoms with van der Waals surface area (Å²) >= 11 is 4.82. The van der Waals surface area contributed by atoms with Gasteiger partial charge in [-0.25, -0.2) is 0 Å². The highest BCUT2D eigenvalue weighted by Gasteiger charge is 2.16. The molecule has 2 heterocycles. The molecule has 1 aromatic heterocycles. The first-order chi connectivity index (χ1) is 10.6. The van der Waals surface area contributed by atoms with E-state index in [4.69, 9.17) is 0 Å². The second-order valence-electron chi connectivity index (χ2n) is 4.91. The van der Waals surface area contributed by atoms with Crippen LogP contribution in [0.5, 0.6) is 0 Å². The molecule has 0 bridgehead atoms. The first-order valence-corrected chi connectivity index (χ1v) is 8.46. The molecule has 0 spiro atoms. The summed E-state index contributed by atoms with van der Waals surface area (Å²) in [6.07, 6.45) is 0. The van der Waals surface area contributed by atoms with E-state index in [2.05, 4.69) is 26.6 Å². The van der Waals surface area contributed by atoms with Crippen LogP contribution in [0, 0.1) is 0 Å². The molecule has 1 aliphatic heterocycles. The molecule has 3 rings (SSSR count). The summed E-state index contributed by atoms with van der Waals surface area (Å²) in [6.45, 7) is 1.82. The smallest absolute Gasteiger partial charge is 0.256 e. The molecule has 2 amide bonds. The number of thiophene rings is 1. The number of carbonyl (C=O) groups is 2. The van der Waals surface area contributed by atoms with Crippen LogP contribution in [0.2, 0.25) is 0 Å². The number of nitrogens with one attached hydrogen (secondary N) is 2. The molecule has 0 aliphatic carbocycles. The maximum Gasteiger partial charge on any atom is 0.256 e. The van der Waals surface area contributed by atoms with Crippen LogP contribution < -0.4 is 15.5 Å². The minimum absolute atomic E-state index is 0.0339. The Kier molecular flexibility index (Phi) is 4.44. The first-order valence-electron chi connectivity index (χ1n) is 6.79. The number of anilines is 2. The molecule has 2 aromatic rings. The fraction of sp³-hybridized carbons (Fsp3) is 0.200. The van der Waals surface area contributed by atoms with E-state index in [1.165, 1.54) is 11.3 Å². The fourth-order valence-corrected chi connectivity index (χ4v) is 3.38. The lowest BCUT2D eigenvalue weighted by molar-refractivity contribution is -0.120. The Morgan fingerprint density at radius 3 is 2.73 bits per heavy atom. The van der Waals surface area contributed by atoms with Gasteiger partial charge in [-0.1, -0.05) is 0 Å². The summed E-state index contributed by atoms with van der Waals surface area (Å²) in [7, 11) is 0. The summed E-state index contributed by atoms with van der Waals surface area (Å²) in [6, 6.07) is 9.32. The van der Waals surface area contributed by atoms with E-state index in [-0.39, 0.29) is 11.8 Å². The van der Waals surface area contributed by atoms with Gasteiger partial charge in [-0.3, -0.25) is 9.59 Å². The van der Waals surface area contributed by atoms with Crippen molar-refractivity contribution in [3.8, 4) is 0 Å². The Bertz CT molecular complexity index is 699. The number of nitrogens with zero attached hydrogens (tertiary/aromatic N) is 1. The monoisotopic (exact) mass is 379 g/mol. The summed E-state index contributed by atoms with van der Waals surface area (Å²) in [5.41, 5.74) is 2.34. The van der Waals surface area contributed by atoms with Crippen molar-refractivity contribution in [2.24, 2.45) is 0 Å². The number of benzene rings is 1. The van der Waals surface area contributed by atoms with Crippen molar-refractivity contribution in [2.75, 3.05) is 29.9 Å². The number of rotatable bonds is 3. The third-order valence-corrected chi connectivity index (χ3v) is 4.86. The molecule has 2 N–H and O–H groups in total. The van der Waals surface area contributed by atoms with E-state index in [0.29, 0.717) is 18.7 Å². The van der Waals surface area contributed by atoms with Crippen molar-refractivity contribution in [1.82, 2.24) is 5.32 Å². The Hall–Kier alpha value is -1.86. The van der Waals surface area contributed by atoms with Gasteiger partial charge in [0.15, 0.2) is 0 Å².